The summed E-state index contributed by atoms with van der Waals surface area (Å²) in [5.74, 6) is -2.10. The highest BCUT2D eigenvalue weighted by molar-refractivity contribution is 7.88. The molecule has 3 aliphatic rings. The van der Waals surface area contributed by atoms with Crippen LogP contribution in [0.3, 0.4) is 0 Å². The van der Waals surface area contributed by atoms with Gasteiger partial charge >= 0.3 is 6.03 Å². The molecular formula is C32H56F2N6O6S. The van der Waals surface area contributed by atoms with E-state index in [4.69, 9.17) is 0 Å². The third-order valence-electron chi connectivity index (χ3n) is 10.3. The van der Waals surface area contributed by atoms with Gasteiger partial charge in [0, 0.05) is 38.6 Å². The number of amides is 5. The number of carbonyl (C=O) groups is 4. The summed E-state index contributed by atoms with van der Waals surface area (Å²) in [5.41, 5.74) is -1.63. The molecule has 0 spiro atoms. The lowest BCUT2D eigenvalue weighted by molar-refractivity contribution is -0.144. The number of halogens is 2. The molecule has 270 valence electrons. The number of fused-ring (bicyclic) bond motifs is 1. The summed E-state index contributed by atoms with van der Waals surface area (Å²) < 4.78 is 52.4. The summed E-state index contributed by atoms with van der Waals surface area (Å²) >= 11 is 0. The summed E-state index contributed by atoms with van der Waals surface area (Å²) in [5, 5.41) is 11.0. The van der Waals surface area contributed by atoms with Crippen molar-refractivity contribution in [3.05, 3.63) is 0 Å². The molecule has 3 rings (SSSR count). The zero-order chi connectivity index (χ0) is 35.9. The largest absolute Gasteiger partial charge is 0.352 e. The van der Waals surface area contributed by atoms with Crippen molar-refractivity contribution < 1.29 is 36.4 Å². The summed E-state index contributed by atoms with van der Waals surface area (Å²) in [4.78, 5) is 56.0. The Morgan fingerprint density at radius 2 is 1.53 bits per heavy atom. The molecule has 3 fully saturated rings. The number of carbonyl (C=O) groups excluding carboxylic acids is 4. The monoisotopic (exact) mass is 690 g/mol. The molecule has 47 heavy (non-hydrogen) atoms. The molecule has 1 aliphatic heterocycles. The second-order valence-corrected chi connectivity index (χ2v) is 18.5. The third kappa shape index (κ3) is 9.54. The molecule has 0 aromatic rings. The fourth-order valence-corrected chi connectivity index (χ4v) is 7.35. The lowest BCUT2D eigenvalue weighted by Crippen LogP contribution is -2.63. The normalized spacial score (nSPS) is 24.8. The standard InChI is InChI=1S/C32H56F2N6O6S/c1-30(2,3)21(17-39(9)47(10,45)46)37-29(44)38-25(31(4,5)6)28(43)40-16-19-23(32(19,7)8)24(40)27(42)36-20(15-22(33)34)26(41)35-18-13-11-12-14-18/h18-25H,11-17H2,1-10H3,(H,35,41)(H,36,42)(H2,37,38,44)/t19-,20-,21+,23-,24-,25+/m0/s1. The van der Waals surface area contributed by atoms with E-state index < -0.39 is 81.6 Å². The van der Waals surface area contributed by atoms with Gasteiger partial charge in [-0.2, -0.15) is 0 Å². The van der Waals surface area contributed by atoms with Crippen molar-refractivity contribution in [2.75, 3.05) is 26.4 Å². The Morgan fingerprint density at radius 3 is 2.02 bits per heavy atom. The molecule has 12 nitrogen and oxygen atoms in total. The molecule has 6 atom stereocenters. The topological polar surface area (TPSA) is 157 Å². The Labute approximate surface area is 278 Å². The van der Waals surface area contributed by atoms with E-state index in [0.29, 0.717) is 0 Å². The first kappa shape index (κ1) is 38.9. The van der Waals surface area contributed by atoms with Gasteiger partial charge in [0.15, 0.2) is 0 Å². The number of likely N-dealkylation sites (tertiary alicyclic amines) is 1. The van der Waals surface area contributed by atoms with Crippen molar-refractivity contribution in [3.8, 4) is 0 Å². The smallest absolute Gasteiger partial charge is 0.315 e. The summed E-state index contributed by atoms with van der Waals surface area (Å²) in [6.07, 6.45) is 0.773. The molecule has 2 saturated carbocycles. The van der Waals surface area contributed by atoms with Crippen LogP contribution >= 0.6 is 0 Å². The predicted molar refractivity (Wildman–Crippen MR) is 175 cm³/mol. The van der Waals surface area contributed by atoms with Crippen molar-refractivity contribution in [1.82, 2.24) is 30.5 Å². The highest BCUT2D eigenvalue weighted by atomic mass is 32.2. The first-order valence-electron chi connectivity index (χ1n) is 16.5. The molecule has 0 aromatic carbocycles. The minimum Gasteiger partial charge on any atom is -0.352 e. The van der Waals surface area contributed by atoms with Crippen LogP contribution in [0, 0.1) is 28.1 Å². The molecule has 5 amide bonds. The van der Waals surface area contributed by atoms with Crippen molar-refractivity contribution >= 4 is 33.8 Å². The second kappa shape index (κ2) is 14.1. The molecule has 1 heterocycles. The highest BCUT2D eigenvalue weighted by Crippen LogP contribution is 2.65. The Hall–Kier alpha value is -2.55. The van der Waals surface area contributed by atoms with Crippen LogP contribution in [0.15, 0.2) is 0 Å². The molecule has 1 saturated heterocycles. The predicted octanol–water partition coefficient (Wildman–Crippen LogP) is 2.69. The molecule has 0 aromatic heterocycles. The molecular weight excluding hydrogens is 634 g/mol. The lowest BCUT2D eigenvalue weighted by Gasteiger charge is -2.39. The van der Waals surface area contributed by atoms with E-state index in [1.165, 1.54) is 11.9 Å². The Balaban J connectivity index is 1.82. The van der Waals surface area contributed by atoms with Gasteiger partial charge in [-0.05, 0) is 40.9 Å². The first-order chi connectivity index (χ1) is 21.4. The molecule has 2 aliphatic carbocycles. The van der Waals surface area contributed by atoms with Crippen LogP contribution in [-0.2, 0) is 24.4 Å². The minimum atomic E-state index is -3.52. The van der Waals surface area contributed by atoms with E-state index in [1.807, 2.05) is 34.6 Å². The number of urea groups is 1. The summed E-state index contributed by atoms with van der Waals surface area (Å²) in [7, 11) is -2.10. The van der Waals surface area contributed by atoms with Crippen LogP contribution in [0.1, 0.15) is 87.5 Å². The van der Waals surface area contributed by atoms with Gasteiger partial charge in [0.1, 0.15) is 18.1 Å². The van der Waals surface area contributed by atoms with Crippen LogP contribution in [0.25, 0.3) is 0 Å². The third-order valence-corrected chi connectivity index (χ3v) is 11.5. The van der Waals surface area contributed by atoms with Crippen LogP contribution < -0.4 is 21.3 Å². The quantitative estimate of drug-likeness (QED) is 0.247. The molecule has 15 heteroatoms. The zero-order valence-electron chi connectivity index (χ0n) is 29.6. The zero-order valence-corrected chi connectivity index (χ0v) is 30.4. The molecule has 0 unspecified atom stereocenters. The SMILES string of the molecule is CN(C[C@@H](NC(=O)N[C@H](C(=O)N1C[C@H]2[C@@H]([C@H]1C(=O)N[C@@H](CC(F)F)C(=O)NC1CCCC1)C2(C)C)C(C)(C)C)C(C)(C)C)S(C)(=O)=O. The van der Waals surface area contributed by atoms with Gasteiger partial charge in [0.05, 0.1) is 6.26 Å². The molecule has 0 radical (unpaired) electrons. The van der Waals surface area contributed by atoms with E-state index >= 15 is 0 Å². The summed E-state index contributed by atoms with van der Waals surface area (Å²) in [6.45, 7) is 15.1. The van der Waals surface area contributed by atoms with Crippen molar-refractivity contribution in [1.29, 1.82) is 0 Å². The highest BCUT2D eigenvalue weighted by Gasteiger charge is 2.70. The molecule has 0 bridgehead atoms. The first-order valence-corrected chi connectivity index (χ1v) is 18.4. The summed E-state index contributed by atoms with van der Waals surface area (Å²) in [6, 6.07) is -4.96. The van der Waals surface area contributed by atoms with Crippen molar-refractivity contribution in [2.45, 2.75) is 124 Å². The van der Waals surface area contributed by atoms with Crippen LogP contribution in [0.5, 0.6) is 0 Å². The van der Waals surface area contributed by atoms with Gasteiger partial charge in [-0.1, -0.05) is 68.2 Å². The van der Waals surface area contributed by atoms with E-state index in [2.05, 4.69) is 21.3 Å². The van der Waals surface area contributed by atoms with Crippen LogP contribution in [-0.4, -0.2) is 104 Å². The maximum Gasteiger partial charge on any atom is 0.315 e. The maximum atomic E-state index is 14.3. The Bertz CT molecular complexity index is 1290. The number of nitrogens with zero attached hydrogens (tertiary/aromatic N) is 2. The van der Waals surface area contributed by atoms with Gasteiger partial charge < -0.3 is 26.2 Å². The number of piperidine rings is 1. The number of nitrogens with one attached hydrogen (secondary N) is 4. The Morgan fingerprint density at radius 1 is 0.957 bits per heavy atom. The lowest BCUT2D eigenvalue weighted by atomic mass is 9.85. The fraction of sp³-hybridized carbons (Fsp3) is 0.875. The van der Waals surface area contributed by atoms with E-state index in [-0.39, 0.29) is 36.4 Å². The number of alkyl halides is 2. The van der Waals surface area contributed by atoms with E-state index in [9.17, 15) is 36.4 Å². The van der Waals surface area contributed by atoms with Gasteiger partial charge in [-0.25, -0.2) is 26.3 Å². The van der Waals surface area contributed by atoms with Gasteiger partial charge in [-0.3, -0.25) is 14.4 Å². The second-order valence-electron chi connectivity index (χ2n) is 16.4. The molecule has 4 N–H and O–H groups in total. The average Bonchev–Trinajstić information content (AvgIpc) is 3.33. The number of hydrogen-bond donors (Lipinski definition) is 4. The Kier molecular flexibility index (Phi) is 11.7. The van der Waals surface area contributed by atoms with Gasteiger partial charge in [0.25, 0.3) is 0 Å². The van der Waals surface area contributed by atoms with Gasteiger partial charge in [-0.15, -0.1) is 0 Å². The van der Waals surface area contributed by atoms with Crippen molar-refractivity contribution in [2.24, 2.45) is 28.1 Å². The fourth-order valence-electron chi connectivity index (χ4n) is 6.93. The number of likely N-dealkylation sites (N-methyl/N-ethyl adjacent to an activating group) is 1. The minimum absolute atomic E-state index is 0.00477. The average molecular weight is 691 g/mol. The number of rotatable bonds is 12. The number of sulfonamides is 1. The van der Waals surface area contributed by atoms with Gasteiger partial charge in [0.2, 0.25) is 34.2 Å². The number of hydrogen-bond acceptors (Lipinski definition) is 6. The van der Waals surface area contributed by atoms with E-state index in [0.717, 1.165) is 36.2 Å². The van der Waals surface area contributed by atoms with Crippen molar-refractivity contribution in [3.63, 3.8) is 0 Å². The van der Waals surface area contributed by atoms with Crippen LogP contribution in [0.2, 0.25) is 0 Å². The maximum absolute atomic E-state index is 14.3. The van der Waals surface area contributed by atoms with Crippen LogP contribution in [0.4, 0.5) is 13.6 Å². The van der Waals surface area contributed by atoms with E-state index in [1.54, 1.807) is 20.8 Å².